The molecule has 0 radical (unpaired) electrons. The molecule has 1 saturated heterocycles. The van der Waals surface area contributed by atoms with Crippen LogP contribution in [0, 0.1) is 17.2 Å². The van der Waals surface area contributed by atoms with Crippen molar-refractivity contribution in [3.63, 3.8) is 0 Å². The molecule has 1 aliphatic heterocycles. The molecule has 1 rings (SSSR count). The fourth-order valence-corrected chi connectivity index (χ4v) is 1.98. The maximum absolute atomic E-state index is 12.0. The predicted octanol–water partition coefficient (Wildman–Crippen LogP) is 1.62. The Hall–Kier alpha value is -1.77. The van der Waals surface area contributed by atoms with Gasteiger partial charge in [-0.3, -0.25) is 4.79 Å². The van der Waals surface area contributed by atoms with Crippen LogP contribution in [0.15, 0.2) is 0 Å². The number of piperazine rings is 1. The second-order valence-electron chi connectivity index (χ2n) is 5.88. The van der Waals surface area contributed by atoms with Crippen LogP contribution < -0.4 is 0 Å². The van der Waals surface area contributed by atoms with Crippen LogP contribution in [0.3, 0.4) is 0 Å². The standard InChI is InChI=1S/C14H23N3O3/c1-5-11(10-15)12(18)16-6-8-17(9-7-16)13(19)20-14(2,3)4/h11H,5-9H2,1-4H3. The number of amides is 2. The molecule has 1 fully saturated rings. The lowest BCUT2D eigenvalue weighted by Gasteiger charge is -2.36. The van der Waals surface area contributed by atoms with Gasteiger partial charge in [0.1, 0.15) is 11.5 Å². The number of hydrogen-bond donors (Lipinski definition) is 0. The molecule has 2 amide bonds. The highest BCUT2D eigenvalue weighted by Gasteiger charge is 2.29. The van der Waals surface area contributed by atoms with E-state index in [2.05, 4.69) is 0 Å². The van der Waals surface area contributed by atoms with E-state index in [9.17, 15) is 9.59 Å². The zero-order valence-electron chi connectivity index (χ0n) is 12.7. The average Bonchev–Trinajstić information content (AvgIpc) is 2.38. The monoisotopic (exact) mass is 281 g/mol. The highest BCUT2D eigenvalue weighted by molar-refractivity contribution is 5.81. The normalized spacial score (nSPS) is 17.4. The van der Waals surface area contributed by atoms with Crippen molar-refractivity contribution in [3.8, 4) is 6.07 Å². The van der Waals surface area contributed by atoms with E-state index >= 15 is 0 Å². The zero-order valence-corrected chi connectivity index (χ0v) is 12.7. The minimum Gasteiger partial charge on any atom is -0.444 e. The lowest BCUT2D eigenvalue weighted by molar-refractivity contribution is -0.135. The molecule has 6 nitrogen and oxygen atoms in total. The van der Waals surface area contributed by atoms with Gasteiger partial charge in [0.15, 0.2) is 0 Å². The van der Waals surface area contributed by atoms with Crippen LogP contribution >= 0.6 is 0 Å². The van der Waals surface area contributed by atoms with E-state index in [-0.39, 0.29) is 12.0 Å². The minimum atomic E-state index is -0.580. The van der Waals surface area contributed by atoms with E-state index in [0.29, 0.717) is 32.6 Å². The number of rotatable bonds is 2. The number of nitrogens with zero attached hydrogens (tertiary/aromatic N) is 3. The summed E-state index contributed by atoms with van der Waals surface area (Å²) in [5.74, 6) is -0.720. The summed E-state index contributed by atoms with van der Waals surface area (Å²) in [6.45, 7) is 9.09. The summed E-state index contributed by atoms with van der Waals surface area (Å²) in [6, 6.07) is 2.02. The molecule has 0 spiro atoms. The van der Waals surface area contributed by atoms with Crippen molar-refractivity contribution in [2.24, 2.45) is 5.92 Å². The Morgan fingerprint density at radius 3 is 2.10 bits per heavy atom. The van der Waals surface area contributed by atoms with Crippen LogP contribution in [0.2, 0.25) is 0 Å². The molecule has 1 unspecified atom stereocenters. The van der Waals surface area contributed by atoms with E-state index in [1.165, 1.54) is 0 Å². The summed E-state index contributed by atoms with van der Waals surface area (Å²) < 4.78 is 5.29. The number of ether oxygens (including phenoxy) is 1. The van der Waals surface area contributed by atoms with Gasteiger partial charge in [-0.1, -0.05) is 6.92 Å². The molecular weight excluding hydrogens is 258 g/mol. The van der Waals surface area contributed by atoms with Crippen LogP contribution in [0.25, 0.3) is 0 Å². The van der Waals surface area contributed by atoms with Crippen molar-refractivity contribution in [1.29, 1.82) is 5.26 Å². The smallest absolute Gasteiger partial charge is 0.410 e. The predicted molar refractivity (Wildman–Crippen MR) is 73.8 cm³/mol. The van der Waals surface area contributed by atoms with Gasteiger partial charge in [-0.25, -0.2) is 4.79 Å². The van der Waals surface area contributed by atoms with E-state index < -0.39 is 11.5 Å². The van der Waals surface area contributed by atoms with E-state index in [1.807, 2.05) is 33.8 Å². The van der Waals surface area contributed by atoms with Crippen LogP contribution in [0.4, 0.5) is 4.79 Å². The van der Waals surface area contributed by atoms with Crippen molar-refractivity contribution in [2.45, 2.75) is 39.7 Å². The first kappa shape index (κ1) is 16.3. The van der Waals surface area contributed by atoms with Crippen LogP contribution in [0.1, 0.15) is 34.1 Å². The minimum absolute atomic E-state index is 0.140. The van der Waals surface area contributed by atoms with Crippen LogP contribution in [-0.2, 0) is 9.53 Å². The first-order valence-electron chi connectivity index (χ1n) is 6.94. The van der Waals surface area contributed by atoms with Gasteiger partial charge in [0, 0.05) is 26.2 Å². The summed E-state index contributed by atoms with van der Waals surface area (Å²) in [6.07, 6.45) is 0.165. The molecule has 0 saturated carbocycles. The Bertz CT molecular complexity index is 401. The molecule has 0 aromatic rings. The van der Waals surface area contributed by atoms with Gasteiger partial charge in [0.2, 0.25) is 5.91 Å². The molecule has 1 atom stereocenters. The summed E-state index contributed by atoms with van der Waals surface area (Å²) >= 11 is 0. The van der Waals surface area contributed by atoms with Gasteiger partial charge < -0.3 is 14.5 Å². The zero-order chi connectivity index (χ0) is 15.3. The molecule has 0 aromatic heterocycles. The van der Waals surface area contributed by atoms with E-state index in [4.69, 9.17) is 10.00 Å². The van der Waals surface area contributed by atoms with Gasteiger partial charge in [-0.2, -0.15) is 5.26 Å². The number of nitriles is 1. The van der Waals surface area contributed by atoms with Crippen molar-refractivity contribution in [2.75, 3.05) is 26.2 Å². The first-order valence-corrected chi connectivity index (χ1v) is 6.94. The van der Waals surface area contributed by atoms with Crippen LogP contribution in [0.5, 0.6) is 0 Å². The number of carbonyl (C=O) groups is 2. The summed E-state index contributed by atoms with van der Waals surface area (Å²) in [4.78, 5) is 27.2. The molecule has 0 aromatic carbocycles. The third-order valence-electron chi connectivity index (χ3n) is 3.11. The highest BCUT2D eigenvalue weighted by Crippen LogP contribution is 2.14. The molecule has 0 N–H and O–H groups in total. The molecule has 6 heteroatoms. The van der Waals surface area contributed by atoms with Crippen molar-refractivity contribution >= 4 is 12.0 Å². The van der Waals surface area contributed by atoms with E-state index in [1.54, 1.807) is 9.80 Å². The van der Waals surface area contributed by atoms with Crippen molar-refractivity contribution in [1.82, 2.24) is 9.80 Å². The van der Waals surface area contributed by atoms with Gasteiger partial charge in [0.05, 0.1) is 6.07 Å². The fraction of sp³-hybridized carbons (Fsp3) is 0.786. The fourth-order valence-electron chi connectivity index (χ4n) is 1.98. The number of carbonyl (C=O) groups excluding carboxylic acids is 2. The number of hydrogen-bond acceptors (Lipinski definition) is 4. The Morgan fingerprint density at radius 1 is 1.20 bits per heavy atom. The summed E-state index contributed by atoms with van der Waals surface area (Å²) in [5.41, 5.74) is -0.516. The van der Waals surface area contributed by atoms with Crippen molar-refractivity contribution < 1.29 is 14.3 Å². The van der Waals surface area contributed by atoms with Gasteiger partial charge in [-0.15, -0.1) is 0 Å². The van der Waals surface area contributed by atoms with Crippen molar-refractivity contribution in [3.05, 3.63) is 0 Å². The largest absolute Gasteiger partial charge is 0.444 e. The maximum atomic E-state index is 12.0. The molecule has 0 bridgehead atoms. The van der Waals surface area contributed by atoms with Gasteiger partial charge >= 0.3 is 6.09 Å². The lowest BCUT2D eigenvalue weighted by Crippen LogP contribution is -2.52. The maximum Gasteiger partial charge on any atom is 0.410 e. The summed E-state index contributed by atoms with van der Waals surface area (Å²) in [7, 11) is 0. The first-order chi connectivity index (χ1) is 9.28. The molecule has 1 heterocycles. The molecule has 1 aliphatic rings. The lowest BCUT2D eigenvalue weighted by atomic mass is 10.1. The third kappa shape index (κ3) is 4.41. The molecule has 112 valence electrons. The Kier molecular flexibility index (Phi) is 5.37. The molecule has 20 heavy (non-hydrogen) atoms. The Morgan fingerprint density at radius 2 is 1.70 bits per heavy atom. The van der Waals surface area contributed by atoms with E-state index in [0.717, 1.165) is 0 Å². The second-order valence-corrected chi connectivity index (χ2v) is 5.88. The van der Waals surface area contributed by atoms with Gasteiger partial charge in [0.25, 0.3) is 0 Å². The Balaban J connectivity index is 2.50. The molecule has 0 aliphatic carbocycles. The SMILES string of the molecule is CCC(C#N)C(=O)N1CCN(C(=O)OC(C)(C)C)CC1. The second kappa shape index (κ2) is 6.60. The third-order valence-corrected chi connectivity index (χ3v) is 3.11. The highest BCUT2D eigenvalue weighted by atomic mass is 16.6. The molecular formula is C14H23N3O3. The summed E-state index contributed by atoms with van der Waals surface area (Å²) in [5, 5.41) is 8.91. The Labute approximate surface area is 120 Å². The topological polar surface area (TPSA) is 73.6 Å². The quantitative estimate of drug-likeness (QED) is 0.771. The van der Waals surface area contributed by atoms with Gasteiger partial charge in [-0.05, 0) is 27.2 Å². The average molecular weight is 281 g/mol. The van der Waals surface area contributed by atoms with Crippen LogP contribution in [-0.4, -0.2) is 53.6 Å².